The smallest absolute Gasteiger partial charge is 0.229 e. The van der Waals surface area contributed by atoms with Gasteiger partial charge in [-0.25, -0.2) is 4.98 Å². The van der Waals surface area contributed by atoms with Gasteiger partial charge in [0.2, 0.25) is 5.95 Å². The van der Waals surface area contributed by atoms with E-state index in [2.05, 4.69) is 20.6 Å². The predicted molar refractivity (Wildman–Crippen MR) is 96.7 cm³/mol. The molecule has 3 rings (SSSR count). The standard InChI is InChI=1S/C18H17ClN4O/c19-14-7-4-8-15(11-14)22-18-20-10-9-17(23-18)21-12-16(24)13-5-2-1-3-6-13/h1-11,16,24H,12H2,(H2,20,21,22,23)/t16-/m1/s1. The van der Waals surface area contributed by atoms with E-state index in [1.165, 1.54) is 0 Å². The van der Waals surface area contributed by atoms with E-state index in [0.717, 1.165) is 11.3 Å². The molecule has 24 heavy (non-hydrogen) atoms. The SMILES string of the molecule is O[C@H](CNc1ccnc(Nc2cccc(Cl)c2)n1)c1ccccc1. The minimum Gasteiger partial charge on any atom is -0.387 e. The second-order valence-corrected chi connectivity index (χ2v) is 5.64. The van der Waals surface area contributed by atoms with Gasteiger partial charge in [-0.2, -0.15) is 4.98 Å². The zero-order chi connectivity index (χ0) is 16.8. The average molecular weight is 341 g/mol. The lowest BCUT2D eigenvalue weighted by Gasteiger charge is -2.13. The van der Waals surface area contributed by atoms with Crippen LogP contribution in [-0.2, 0) is 0 Å². The van der Waals surface area contributed by atoms with Gasteiger partial charge in [0.15, 0.2) is 0 Å². The van der Waals surface area contributed by atoms with Gasteiger partial charge in [0, 0.05) is 23.5 Å². The second kappa shape index (κ2) is 7.77. The molecule has 0 saturated carbocycles. The number of aliphatic hydroxyl groups excluding tert-OH is 1. The third kappa shape index (κ3) is 4.44. The molecule has 0 fully saturated rings. The lowest BCUT2D eigenvalue weighted by molar-refractivity contribution is 0.191. The number of halogens is 1. The van der Waals surface area contributed by atoms with Gasteiger partial charge < -0.3 is 15.7 Å². The summed E-state index contributed by atoms with van der Waals surface area (Å²) in [6, 6.07) is 18.6. The highest BCUT2D eigenvalue weighted by molar-refractivity contribution is 6.30. The molecule has 1 atom stereocenters. The molecule has 6 heteroatoms. The van der Waals surface area contributed by atoms with Crippen LogP contribution in [0.2, 0.25) is 5.02 Å². The Morgan fingerprint density at radius 3 is 2.67 bits per heavy atom. The van der Waals surface area contributed by atoms with Crippen LogP contribution >= 0.6 is 11.6 Å². The van der Waals surface area contributed by atoms with E-state index < -0.39 is 6.10 Å². The normalized spacial score (nSPS) is 11.8. The van der Waals surface area contributed by atoms with Gasteiger partial charge in [-0.15, -0.1) is 0 Å². The summed E-state index contributed by atoms with van der Waals surface area (Å²) in [6.45, 7) is 0.359. The van der Waals surface area contributed by atoms with Crippen molar-refractivity contribution in [3.8, 4) is 0 Å². The van der Waals surface area contributed by atoms with Crippen molar-refractivity contribution in [2.75, 3.05) is 17.2 Å². The molecule has 2 aromatic carbocycles. The van der Waals surface area contributed by atoms with Crippen molar-refractivity contribution in [3.63, 3.8) is 0 Å². The summed E-state index contributed by atoms with van der Waals surface area (Å²) in [4.78, 5) is 8.56. The first-order valence-corrected chi connectivity index (χ1v) is 7.91. The summed E-state index contributed by atoms with van der Waals surface area (Å²) in [5.41, 5.74) is 1.67. The Morgan fingerprint density at radius 1 is 1.04 bits per heavy atom. The van der Waals surface area contributed by atoms with Crippen molar-refractivity contribution in [2.24, 2.45) is 0 Å². The Labute approximate surface area is 145 Å². The number of hydrogen-bond donors (Lipinski definition) is 3. The Balaban J connectivity index is 1.63. The summed E-state index contributed by atoms with van der Waals surface area (Å²) in [7, 11) is 0. The molecule has 3 aromatic rings. The van der Waals surface area contributed by atoms with E-state index in [4.69, 9.17) is 11.6 Å². The maximum Gasteiger partial charge on any atom is 0.229 e. The van der Waals surface area contributed by atoms with E-state index in [1.807, 2.05) is 42.5 Å². The maximum absolute atomic E-state index is 10.2. The molecule has 0 saturated heterocycles. The molecule has 0 aliphatic heterocycles. The molecule has 5 nitrogen and oxygen atoms in total. The highest BCUT2D eigenvalue weighted by atomic mass is 35.5. The van der Waals surface area contributed by atoms with Gasteiger partial charge in [-0.05, 0) is 29.8 Å². The fraction of sp³-hybridized carbons (Fsp3) is 0.111. The molecule has 0 bridgehead atoms. The summed E-state index contributed by atoms with van der Waals surface area (Å²) in [6.07, 6.45) is 1.04. The third-order valence-corrected chi connectivity index (χ3v) is 3.63. The molecule has 0 aliphatic carbocycles. The molecular formula is C18H17ClN4O. The first-order valence-electron chi connectivity index (χ1n) is 7.53. The van der Waals surface area contributed by atoms with E-state index >= 15 is 0 Å². The van der Waals surface area contributed by atoms with Crippen molar-refractivity contribution in [1.29, 1.82) is 0 Å². The molecule has 0 aliphatic rings. The number of nitrogens with zero attached hydrogens (tertiary/aromatic N) is 2. The minimum atomic E-state index is -0.606. The number of aliphatic hydroxyl groups is 1. The molecule has 3 N–H and O–H groups in total. The third-order valence-electron chi connectivity index (χ3n) is 3.40. The van der Waals surface area contributed by atoms with Crippen molar-refractivity contribution >= 4 is 29.1 Å². The predicted octanol–water partition coefficient (Wildman–Crippen LogP) is 4.02. The van der Waals surface area contributed by atoms with Crippen LogP contribution in [0.15, 0.2) is 66.9 Å². The second-order valence-electron chi connectivity index (χ2n) is 5.21. The highest BCUT2D eigenvalue weighted by Gasteiger charge is 2.07. The van der Waals surface area contributed by atoms with Gasteiger partial charge in [0.25, 0.3) is 0 Å². The van der Waals surface area contributed by atoms with E-state index in [-0.39, 0.29) is 0 Å². The summed E-state index contributed by atoms with van der Waals surface area (Å²) >= 11 is 5.96. The number of rotatable bonds is 6. The number of aromatic nitrogens is 2. The van der Waals surface area contributed by atoms with E-state index in [1.54, 1.807) is 24.4 Å². The van der Waals surface area contributed by atoms with Crippen LogP contribution in [0, 0.1) is 0 Å². The van der Waals surface area contributed by atoms with Crippen molar-refractivity contribution in [1.82, 2.24) is 9.97 Å². The topological polar surface area (TPSA) is 70.1 Å². The first-order chi connectivity index (χ1) is 11.7. The largest absolute Gasteiger partial charge is 0.387 e. The van der Waals surface area contributed by atoms with Crippen LogP contribution < -0.4 is 10.6 Å². The van der Waals surface area contributed by atoms with E-state index in [0.29, 0.717) is 23.3 Å². The monoisotopic (exact) mass is 340 g/mol. The zero-order valence-corrected chi connectivity index (χ0v) is 13.6. The van der Waals surface area contributed by atoms with Gasteiger partial charge in [-0.3, -0.25) is 0 Å². The van der Waals surface area contributed by atoms with Crippen molar-refractivity contribution < 1.29 is 5.11 Å². The number of nitrogens with one attached hydrogen (secondary N) is 2. The summed E-state index contributed by atoms with van der Waals surface area (Å²) in [5, 5.41) is 17.0. The van der Waals surface area contributed by atoms with Crippen LogP contribution in [0.3, 0.4) is 0 Å². The molecule has 1 heterocycles. The maximum atomic E-state index is 10.2. The lowest BCUT2D eigenvalue weighted by Crippen LogP contribution is -2.13. The van der Waals surface area contributed by atoms with Gasteiger partial charge in [0.05, 0.1) is 6.10 Å². The van der Waals surface area contributed by atoms with E-state index in [9.17, 15) is 5.11 Å². The van der Waals surface area contributed by atoms with Crippen LogP contribution in [-0.4, -0.2) is 21.6 Å². The molecular weight excluding hydrogens is 324 g/mol. The van der Waals surface area contributed by atoms with Crippen LogP contribution in [0.1, 0.15) is 11.7 Å². The Kier molecular flexibility index (Phi) is 5.25. The highest BCUT2D eigenvalue weighted by Crippen LogP contribution is 2.19. The van der Waals surface area contributed by atoms with Crippen LogP contribution in [0.4, 0.5) is 17.5 Å². The lowest BCUT2D eigenvalue weighted by atomic mass is 10.1. The number of benzene rings is 2. The molecule has 122 valence electrons. The van der Waals surface area contributed by atoms with Gasteiger partial charge in [0.1, 0.15) is 5.82 Å². The molecule has 1 aromatic heterocycles. The molecule has 0 amide bonds. The van der Waals surface area contributed by atoms with Crippen molar-refractivity contribution in [3.05, 3.63) is 77.4 Å². The van der Waals surface area contributed by atoms with Crippen molar-refractivity contribution in [2.45, 2.75) is 6.10 Å². The molecule has 0 unspecified atom stereocenters. The van der Waals surface area contributed by atoms with Gasteiger partial charge >= 0.3 is 0 Å². The molecule has 0 radical (unpaired) electrons. The zero-order valence-electron chi connectivity index (χ0n) is 12.9. The summed E-state index contributed by atoms with van der Waals surface area (Å²) < 4.78 is 0. The van der Waals surface area contributed by atoms with Crippen LogP contribution in [0.25, 0.3) is 0 Å². The summed E-state index contributed by atoms with van der Waals surface area (Å²) in [5.74, 6) is 1.08. The first kappa shape index (κ1) is 16.2. The molecule has 0 spiro atoms. The average Bonchev–Trinajstić information content (AvgIpc) is 2.61. The Bertz CT molecular complexity index is 798. The number of hydrogen-bond acceptors (Lipinski definition) is 5. The van der Waals surface area contributed by atoms with Gasteiger partial charge in [-0.1, -0.05) is 48.0 Å². The quantitative estimate of drug-likeness (QED) is 0.632. The minimum absolute atomic E-state index is 0.359. The van der Waals surface area contributed by atoms with Crippen LogP contribution in [0.5, 0.6) is 0 Å². The number of anilines is 3. The Morgan fingerprint density at radius 2 is 1.88 bits per heavy atom. The Hall–Kier alpha value is -2.63. The fourth-order valence-corrected chi connectivity index (χ4v) is 2.40. The fourth-order valence-electron chi connectivity index (χ4n) is 2.21.